The number of halogens is 1. The zero-order valence-corrected chi connectivity index (χ0v) is 9.09. The van der Waals surface area contributed by atoms with Crippen molar-refractivity contribution in [2.45, 2.75) is 25.8 Å². The maximum absolute atomic E-state index is 5.73. The smallest absolute Gasteiger partial charge is 0.0823 e. The highest BCUT2D eigenvalue weighted by atomic mass is 35.5. The average molecular weight is 218 g/mol. The molecule has 14 heavy (non-hydrogen) atoms. The first-order valence-electron chi connectivity index (χ1n) is 4.66. The first-order valence-corrected chi connectivity index (χ1v) is 4.66. The number of nitrogens with two attached hydrogens (primary N) is 1. The van der Waals surface area contributed by atoms with Crippen LogP contribution in [0.25, 0.3) is 0 Å². The number of nitrogens with zero attached hydrogens (tertiary/aromatic N) is 2. The second-order valence-corrected chi connectivity index (χ2v) is 3.49. The second kappa shape index (κ2) is 4.66. The van der Waals surface area contributed by atoms with Crippen LogP contribution < -0.4 is 5.73 Å². The minimum Gasteiger partial charge on any atom is -0.396 e. The highest BCUT2D eigenvalue weighted by molar-refractivity contribution is 5.85. The van der Waals surface area contributed by atoms with E-state index in [1.54, 1.807) is 0 Å². The maximum atomic E-state index is 5.73. The lowest BCUT2D eigenvalue weighted by atomic mass is 10.1. The van der Waals surface area contributed by atoms with Crippen LogP contribution >= 0.6 is 12.4 Å². The second-order valence-electron chi connectivity index (χ2n) is 3.49. The Morgan fingerprint density at radius 2 is 2.14 bits per heavy atom. The summed E-state index contributed by atoms with van der Waals surface area (Å²) in [6.07, 6.45) is 4.01. The number of ether oxygens (including phenoxy) is 1. The fraction of sp³-hybridized carbons (Fsp3) is 0.667. The third-order valence-corrected chi connectivity index (χ3v) is 2.52. The van der Waals surface area contributed by atoms with Gasteiger partial charge in [0.25, 0.3) is 0 Å². The molecule has 0 unspecified atom stereocenters. The molecule has 1 aromatic rings. The monoisotopic (exact) mass is 217 g/mol. The van der Waals surface area contributed by atoms with E-state index in [9.17, 15) is 0 Å². The zero-order chi connectivity index (χ0) is 9.26. The Balaban J connectivity index is 0.000000980. The Hall–Kier alpha value is -0.740. The molecule has 0 amide bonds. The summed E-state index contributed by atoms with van der Waals surface area (Å²) in [5.74, 6) is 0. The highest BCUT2D eigenvalue weighted by Gasteiger charge is 2.16. The van der Waals surface area contributed by atoms with Crippen molar-refractivity contribution in [2.24, 2.45) is 0 Å². The summed E-state index contributed by atoms with van der Waals surface area (Å²) in [5, 5.41) is 4.37. The molecule has 0 atom stereocenters. The van der Waals surface area contributed by atoms with Crippen molar-refractivity contribution < 1.29 is 4.74 Å². The SMILES string of the molecule is Cc1nn(C2CCOCC2)cc1N.Cl. The predicted octanol–water partition coefficient (Wildman–Crippen LogP) is 1.55. The summed E-state index contributed by atoms with van der Waals surface area (Å²) in [7, 11) is 0. The number of rotatable bonds is 1. The summed E-state index contributed by atoms with van der Waals surface area (Å²) in [4.78, 5) is 0. The fourth-order valence-corrected chi connectivity index (χ4v) is 1.63. The highest BCUT2D eigenvalue weighted by Crippen LogP contribution is 2.21. The quantitative estimate of drug-likeness (QED) is 0.777. The van der Waals surface area contributed by atoms with Crippen molar-refractivity contribution in [3.05, 3.63) is 11.9 Å². The Morgan fingerprint density at radius 1 is 1.50 bits per heavy atom. The third kappa shape index (κ3) is 2.19. The summed E-state index contributed by atoms with van der Waals surface area (Å²) in [5.41, 5.74) is 7.44. The van der Waals surface area contributed by atoms with Gasteiger partial charge in [0, 0.05) is 19.4 Å². The van der Waals surface area contributed by atoms with E-state index in [2.05, 4.69) is 5.10 Å². The molecule has 0 bridgehead atoms. The molecule has 1 aliphatic rings. The van der Waals surface area contributed by atoms with E-state index in [0.717, 1.165) is 37.4 Å². The van der Waals surface area contributed by atoms with Gasteiger partial charge >= 0.3 is 0 Å². The van der Waals surface area contributed by atoms with E-state index < -0.39 is 0 Å². The maximum Gasteiger partial charge on any atom is 0.0823 e. The molecule has 0 aliphatic carbocycles. The Kier molecular flexibility index (Phi) is 3.77. The molecule has 0 aromatic carbocycles. The molecule has 2 rings (SSSR count). The van der Waals surface area contributed by atoms with Gasteiger partial charge in [0.2, 0.25) is 0 Å². The van der Waals surface area contributed by atoms with Crippen molar-refractivity contribution in [3.8, 4) is 0 Å². The van der Waals surface area contributed by atoms with Crippen LogP contribution in [0.15, 0.2) is 6.20 Å². The first kappa shape index (κ1) is 11.3. The van der Waals surface area contributed by atoms with Gasteiger partial charge in [0.05, 0.1) is 17.4 Å². The van der Waals surface area contributed by atoms with Gasteiger partial charge in [-0.15, -0.1) is 12.4 Å². The molecule has 5 heteroatoms. The van der Waals surface area contributed by atoms with Crippen LogP contribution in [0, 0.1) is 6.92 Å². The van der Waals surface area contributed by atoms with Crippen LogP contribution in [-0.2, 0) is 4.74 Å². The Labute approximate surface area is 89.8 Å². The summed E-state index contributed by atoms with van der Waals surface area (Å²) < 4.78 is 7.27. The average Bonchev–Trinajstić information content (AvgIpc) is 2.49. The topological polar surface area (TPSA) is 53.1 Å². The van der Waals surface area contributed by atoms with Crippen LogP contribution in [0.4, 0.5) is 5.69 Å². The van der Waals surface area contributed by atoms with Gasteiger partial charge in [-0.1, -0.05) is 0 Å². The molecule has 2 heterocycles. The van der Waals surface area contributed by atoms with Gasteiger partial charge < -0.3 is 10.5 Å². The molecule has 1 fully saturated rings. The van der Waals surface area contributed by atoms with E-state index >= 15 is 0 Å². The minimum absolute atomic E-state index is 0. The number of aromatic nitrogens is 2. The molecule has 1 saturated heterocycles. The van der Waals surface area contributed by atoms with Gasteiger partial charge in [0.1, 0.15) is 0 Å². The van der Waals surface area contributed by atoms with E-state index in [4.69, 9.17) is 10.5 Å². The molecule has 4 nitrogen and oxygen atoms in total. The molecule has 0 spiro atoms. The number of hydrogen-bond donors (Lipinski definition) is 1. The van der Waals surface area contributed by atoms with Crippen LogP contribution in [0.1, 0.15) is 24.6 Å². The lowest BCUT2D eigenvalue weighted by molar-refractivity contribution is 0.0662. The van der Waals surface area contributed by atoms with E-state index in [-0.39, 0.29) is 12.4 Å². The number of anilines is 1. The Bertz CT molecular complexity index is 275. The minimum atomic E-state index is 0. The molecule has 80 valence electrons. The number of hydrogen-bond acceptors (Lipinski definition) is 3. The molecular weight excluding hydrogens is 202 g/mol. The van der Waals surface area contributed by atoms with Crippen LogP contribution in [0.3, 0.4) is 0 Å². The van der Waals surface area contributed by atoms with E-state index in [1.807, 2.05) is 17.8 Å². The molecule has 2 N–H and O–H groups in total. The standard InChI is InChI=1S/C9H15N3O.ClH/c1-7-9(10)6-12(11-7)8-2-4-13-5-3-8;/h6,8H,2-5,10H2,1H3;1H. The molecule has 0 saturated carbocycles. The van der Waals surface area contributed by atoms with Crippen LogP contribution in [0.5, 0.6) is 0 Å². The van der Waals surface area contributed by atoms with Gasteiger partial charge in [-0.25, -0.2) is 0 Å². The van der Waals surface area contributed by atoms with Crippen molar-refractivity contribution in [2.75, 3.05) is 18.9 Å². The lowest BCUT2D eigenvalue weighted by Crippen LogP contribution is -2.19. The summed E-state index contributed by atoms with van der Waals surface area (Å²) in [6.45, 7) is 3.61. The van der Waals surface area contributed by atoms with Gasteiger partial charge in [0.15, 0.2) is 0 Å². The van der Waals surface area contributed by atoms with Gasteiger partial charge in [-0.2, -0.15) is 5.10 Å². The van der Waals surface area contributed by atoms with E-state index in [1.165, 1.54) is 0 Å². The molecule has 1 aromatic heterocycles. The molecular formula is C9H16ClN3O. The fourth-order valence-electron chi connectivity index (χ4n) is 1.63. The lowest BCUT2D eigenvalue weighted by Gasteiger charge is -2.22. The van der Waals surface area contributed by atoms with E-state index in [0.29, 0.717) is 6.04 Å². The molecule has 0 radical (unpaired) electrons. The molecule has 1 aliphatic heterocycles. The van der Waals surface area contributed by atoms with Gasteiger partial charge in [-0.3, -0.25) is 4.68 Å². The van der Waals surface area contributed by atoms with Gasteiger partial charge in [-0.05, 0) is 19.8 Å². The van der Waals surface area contributed by atoms with Crippen molar-refractivity contribution >= 4 is 18.1 Å². The normalized spacial score (nSPS) is 17.8. The van der Waals surface area contributed by atoms with Crippen molar-refractivity contribution in [1.82, 2.24) is 9.78 Å². The first-order chi connectivity index (χ1) is 6.27. The number of aryl methyl sites for hydroxylation is 1. The van der Waals surface area contributed by atoms with Crippen molar-refractivity contribution in [3.63, 3.8) is 0 Å². The Morgan fingerprint density at radius 3 is 2.64 bits per heavy atom. The summed E-state index contributed by atoms with van der Waals surface area (Å²) >= 11 is 0. The zero-order valence-electron chi connectivity index (χ0n) is 8.27. The van der Waals surface area contributed by atoms with Crippen LogP contribution in [0.2, 0.25) is 0 Å². The largest absolute Gasteiger partial charge is 0.396 e. The predicted molar refractivity (Wildman–Crippen MR) is 57.7 cm³/mol. The summed E-state index contributed by atoms with van der Waals surface area (Å²) in [6, 6.07) is 0.477. The number of nitrogen functional groups attached to an aromatic ring is 1. The van der Waals surface area contributed by atoms with Crippen molar-refractivity contribution in [1.29, 1.82) is 0 Å². The van der Waals surface area contributed by atoms with Crippen LogP contribution in [-0.4, -0.2) is 23.0 Å². The third-order valence-electron chi connectivity index (χ3n) is 2.52.